The van der Waals surface area contributed by atoms with Crippen LogP contribution in [0.3, 0.4) is 0 Å². The van der Waals surface area contributed by atoms with Gasteiger partial charge in [0.05, 0.1) is 17.6 Å². The van der Waals surface area contributed by atoms with Crippen molar-refractivity contribution in [3.05, 3.63) is 15.8 Å². The van der Waals surface area contributed by atoms with Crippen molar-refractivity contribution in [2.45, 2.75) is 25.4 Å². The fourth-order valence-corrected chi connectivity index (χ4v) is 2.85. The second-order valence-corrected chi connectivity index (χ2v) is 5.25. The molecular weight excluding hydrogens is 282 g/mol. The summed E-state index contributed by atoms with van der Waals surface area (Å²) >= 11 is 1.33. The lowest BCUT2D eigenvalue weighted by atomic mass is 10.1. The number of piperidine rings is 1. The first-order chi connectivity index (χ1) is 9.56. The first-order valence-electron chi connectivity index (χ1n) is 6.05. The average molecular weight is 297 g/mol. The number of amides is 3. The van der Waals surface area contributed by atoms with Gasteiger partial charge in [0.1, 0.15) is 11.8 Å². The van der Waals surface area contributed by atoms with E-state index >= 15 is 0 Å². The first kappa shape index (κ1) is 14.5. The highest BCUT2D eigenvalue weighted by atomic mass is 32.1. The van der Waals surface area contributed by atoms with Crippen molar-refractivity contribution in [1.29, 1.82) is 0 Å². The van der Waals surface area contributed by atoms with Crippen molar-refractivity contribution in [3.63, 3.8) is 0 Å². The van der Waals surface area contributed by atoms with Gasteiger partial charge in [0.25, 0.3) is 5.91 Å². The van der Waals surface area contributed by atoms with Gasteiger partial charge >= 0.3 is 0 Å². The van der Waals surface area contributed by atoms with Crippen molar-refractivity contribution in [2.24, 2.45) is 5.73 Å². The topological polar surface area (TPSA) is 111 Å². The lowest BCUT2D eigenvalue weighted by Crippen LogP contribution is -2.52. The van der Waals surface area contributed by atoms with Crippen LogP contribution in [0.1, 0.15) is 28.1 Å². The molecule has 0 aliphatic carbocycles. The summed E-state index contributed by atoms with van der Waals surface area (Å²) in [6.07, 6.45) is 0.512. The molecule has 7 nitrogen and oxygen atoms in total. The molecule has 8 heteroatoms. The van der Waals surface area contributed by atoms with Gasteiger partial charge in [-0.2, -0.15) is 0 Å². The lowest BCUT2D eigenvalue weighted by Gasteiger charge is -2.21. The van der Waals surface area contributed by atoms with Crippen LogP contribution in [0.15, 0.2) is 5.38 Å². The number of hydrogen-bond donors (Lipinski definition) is 3. The molecule has 0 aromatic carbocycles. The highest BCUT2D eigenvalue weighted by Gasteiger charge is 2.29. The van der Waals surface area contributed by atoms with E-state index in [4.69, 9.17) is 10.5 Å². The molecule has 4 N–H and O–H groups in total. The Hall–Kier alpha value is -1.93. The predicted molar refractivity (Wildman–Crippen MR) is 72.4 cm³/mol. The average Bonchev–Trinajstić information content (AvgIpc) is 2.84. The summed E-state index contributed by atoms with van der Waals surface area (Å²) in [7, 11) is 1.46. The number of imide groups is 1. The molecule has 1 unspecified atom stereocenters. The monoisotopic (exact) mass is 297 g/mol. The summed E-state index contributed by atoms with van der Waals surface area (Å²) in [5.74, 6) is -0.781. The van der Waals surface area contributed by atoms with Crippen LogP contribution >= 0.6 is 11.3 Å². The number of nitrogens with one attached hydrogen (secondary N) is 2. The van der Waals surface area contributed by atoms with Gasteiger partial charge in [0, 0.05) is 18.3 Å². The minimum Gasteiger partial charge on any atom is -0.495 e. The van der Waals surface area contributed by atoms with E-state index in [-0.39, 0.29) is 18.9 Å². The van der Waals surface area contributed by atoms with Gasteiger partial charge in [0.15, 0.2) is 0 Å². The zero-order valence-electron chi connectivity index (χ0n) is 10.9. The van der Waals surface area contributed by atoms with Gasteiger partial charge in [-0.05, 0) is 6.42 Å². The van der Waals surface area contributed by atoms with Crippen LogP contribution in [0.2, 0.25) is 0 Å². The number of nitrogens with two attached hydrogens (primary N) is 1. The normalized spacial score (nSPS) is 18.6. The molecular formula is C12H15N3O4S. The molecule has 1 aromatic heterocycles. The predicted octanol–water partition coefficient (Wildman–Crippen LogP) is -0.250. The van der Waals surface area contributed by atoms with Crippen molar-refractivity contribution >= 4 is 29.1 Å². The SMILES string of the molecule is COc1c(C(=O)NC2CCC(=O)NC2=O)csc1CN. The molecule has 0 saturated carbocycles. The summed E-state index contributed by atoms with van der Waals surface area (Å²) in [6.45, 7) is 0.277. The molecule has 2 heterocycles. The van der Waals surface area contributed by atoms with Crippen LogP contribution < -0.4 is 21.1 Å². The van der Waals surface area contributed by atoms with Gasteiger partial charge in [-0.3, -0.25) is 19.7 Å². The highest BCUT2D eigenvalue weighted by Crippen LogP contribution is 2.30. The number of thiophene rings is 1. The fraction of sp³-hybridized carbons (Fsp3) is 0.417. The Morgan fingerprint density at radius 2 is 2.35 bits per heavy atom. The smallest absolute Gasteiger partial charge is 0.256 e. The van der Waals surface area contributed by atoms with Gasteiger partial charge < -0.3 is 15.8 Å². The minimum absolute atomic E-state index is 0.214. The van der Waals surface area contributed by atoms with Crippen molar-refractivity contribution in [1.82, 2.24) is 10.6 Å². The van der Waals surface area contributed by atoms with Gasteiger partial charge in [-0.1, -0.05) is 0 Å². The molecule has 3 amide bonds. The lowest BCUT2D eigenvalue weighted by molar-refractivity contribution is -0.134. The maximum atomic E-state index is 12.2. The van der Waals surface area contributed by atoms with E-state index in [0.29, 0.717) is 17.7 Å². The Morgan fingerprint density at radius 1 is 1.60 bits per heavy atom. The second-order valence-electron chi connectivity index (χ2n) is 4.29. The van der Waals surface area contributed by atoms with Crippen LogP contribution in [0.25, 0.3) is 0 Å². The van der Waals surface area contributed by atoms with E-state index in [1.807, 2.05) is 0 Å². The zero-order valence-corrected chi connectivity index (χ0v) is 11.7. The Morgan fingerprint density at radius 3 is 2.95 bits per heavy atom. The summed E-state index contributed by atoms with van der Waals surface area (Å²) in [5.41, 5.74) is 5.91. The molecule has 1 fully saturated rings. The zero-order chi connectivity index (χ0) is 14.7. The van der Waals surface area contributed by atoms with E-state index < -0.39 is 17.9 Å². The van der Waals surface area contributed by atoms with E-state index in [2.05, 4.69) is 10.6 Å². The van der Waals surface area contributed by atoms with Gasteiger partial charge in [-0.15, -0.1) is 11.3 Å². The molecule has 1 saturated heterocycles. The Bertz CT molecular complexity index is 555. The maximum absolute atomic E-state index is 12.2. The number of hydrogen-bond acceptors (Lipinski definition) is 6. The first-order valence-corrected chi connectivity index (χ1v) is 6.93. The van der Waals surface area contributed by atoms with Gasteiger partial charge in [-0.25, -0.2) is 0 Å². The summed E-state index contributed by atoms with van der Waals surface area (Å²) in [5, 5.41) is 6.43. The number of carbonyl (C=O) groups excluding carboxylic acids is 3. The Labute approximate surface area is 119 Å². The van der Waals surface area contributed by atoms with Crippen LogP contribution in [0, 0.1) is 0 Å². The number of rotatable bonds is 4. The van der Waals surface area contributed by atoms with E-state index in [1.165, 1.54) is 18.4 Å². The molecule has 0 bridgehead atoms. The molecule has 1 aromatic rings. The van der Waals surface area contributed by atoms with E-state index in [1.54, 1.807) is 5.38 Å². The molecule has 1 aliphatic heterocycles. The Kier molecular flexibility index (Phi) is 4.35. The third-order valence-corrected chi connectivity index (χ3v) is 3.99. The standard InChI is InChI=1S/C12H15N3O4S/c1-19-10-6(5-20-8(10)4-13)11(17)14-7-2-3-9(16)15-12(7)18/h5,7H,2-4,13H2,1H3,(H,14,17)(H,15,16,18). The largest absolute Gasteiger partial charge is 0.495 e. The molecule has 1 atom stereocenters. The third kappa shape index (κ3) is 2.81. The number of methoxy groups -OCH3 is 1. The quantitative estimate of drug-likeness (QED) is 0.664. The van der Waals surface area contributed by atoms with E-state index in [9.17, 15) is 14.4 Å². The minimum atomic E-state index is -0.703. The molecule has 108 valence electrons. The fourth-order valence-electron chi connectivity index (χ4n) is 1.98. The van der Waals surface area contributed by atoms with Crippen LogP contribution in [-0.4, -0.2) is 30.9 Å². The van der Waals surface area contributed by atoms with Crippen molar-refractivity contribution in [2.75, 3.05) is 7.11 Å². The Balaban J connectivity index is 2.10. The summed E-state index contributed by atoms with van der Waals surface area (Å²) < 4.78 is 5.18. The molecule has 0 radical (unpaired) electrons. The van der Waals surface area contributed by atoms with Crippen molar-refractivity contribution in [3.8, 4) is 5.75 Å². The van der Waals surface area contributed by atoms with Gasteiger partial charge in [0.2, 0.25) is 11.8 Å². The third-order valence-electron chi connectivity index (χ3n) is 3.00. The highest BCUT2D eigenvalue weighted by molar-refractivity contribution is 7.10. The van der Waals surface area contributed by atoms with Crippen molar-refractivity contribution < 1.29 is 19.1 Å². The number of carbonyl (C=O) groups is 3. The van der Waals surface area contributed by atoms with Crippen LogP contribution in [0.4, 0.5) is 0 Å². The summed E-state index contributed by atoms with van der Waals surface area (Å²) in [4.78, 5) is 35.6. The number of ether oxygens (including phenoxy) is 1. The molecule has 2 rings (SSSR count). The summed E-state index contributed by atoms with van der Waals surface area (Å²) in [6, 6.07) is -0.703. The van der Waals surface area contributed by atoms with E-state index in [0.717, 1.165) is 4.88 Å². The molecule has 1 aliphatic rings. The second kappa shape index (κ2) is 6.02. The van der Waals surface area contributed by atoms with Crippen LogP contribution in [-0.2, 0) is 16.1 Å². The van der Waals surface area contributed by atoms with Crippen LogP contribution in [0.5, 0.6) is 5.75 Å². The maximum Gasteiger partial charge on any atom is 0.256 e. The molecule has 20 heavy (non-hydrogen) atoms. The molecule has 0 spiro atoms.